The molecule has 0 unspecified atom stereocenters. The largest absolute Gasteiger partial charge is 0.354 e. The molecule has 1 aromatic carbocycles. The molecule has 0 atom stereocenters. The number of rotatable bonds is 6. The van der Waals surface area contributed by atoms with Crippen molar-refractivity contribution < 1.29 is 9.18 Å². The maximum absolute atomic E-state index is 13.3. The molecule has 1 saturated heterocycles. The summed E-state index contributed by atoms with van der Waals surface area (Å²) in [5.41, 5.74) is 2.48. The van der Waals surface area contributed by atoms with E-state index in [0.717, 1.165) is 49.1 Å². The molecule has 1 N–H and O–H groups in total. The van der Waals surface area contributed by atoms with E-state index >= 15 is 0 Å². The van der Waals surface area contributed by atoms with E-state index in [1.54, 1.807) is 19.1 Å². The normalized spacial score (nSPS) is 15.0. The second-order valence-corrected chi connectivity index (χ2v) is 8.00. The molecule has 0 bridgehead atoms. The van der Waals surface area contributed by atoms with Crippen molar-refractivity contribution in [1.29, 1.82) is 0 Å². The third kappa shape index (κ3) is 5.73. The van der Waals surface area contributed by atoms with Crippen molar-refractivity contribution in [3.05, 3.63) is 52.7 Å². The summed E-state index contributed by atoms with van der Waals surface area (Å²) in [4.78, 5) is 25.9. The number of halogens is 1. The van der Waals surface area contributed by atoms with Gasteiger partial charge in [0.05, 0.1) is 6.54 Å². The molecule has 0 saturated carbocycles. The van der Waals surface area contributed by atoms with Crippen molar-refractivity contribution in [2.45, 2.75) is 40.2 Å². The Bertz CT molecular complexity index is 862. The lowest BCUT2D eigenvalue weighted by molar-refractivity contribution is -0.122. The zero-order valence-corrected chi connectivity index (χ0v) is 17.7. The maximum atomic E-state index is 13.3. The lowest BCUT2D eigenvalue weighted by Crippen LogP contribution is -2.49. The van der Waals surface area contributed by atoms with Gasteiger partial charge in [0.2, 0.25) is 5.91 Å². The third-order valence-electron chi connectivity index (χ3n) is 5.15. The first-order valence-electron chi connectivity index (χ1n) is 10.2. The van der Waals surface area contributed by atoms with Crippen molar-refractivity contribution in [3.8, 4) is 0 Å². The first kappa shape index (κ1) is 21.2. The van der Waals surface area contributed by atoms with Gasteiger partial charge in [0.15, 0.2) is 0 Å². The van der Waals surface area contributed by atoms with Crippen molar-refractivity contribution in [3.63, 3.8) is 0 Å². The first-order valence-corrected chi connectivity index (χ1v) is 10.2. The van der Waals surface area contributed by atoms with E-state index in [1.807, 2.05) is 13.0 Å². The number of nitrogens with zero attached hydrogens (tertiary/aromatic N) is 4. The monoisotopic (exact) mass is 399 g/mol. The predicted molar refractivity (Wildman–Crippen MR) is 112 cm³/mol. The predicted octanol–water partition coefficient (Wildman–Crippen LogP) is 2.79. The molecule has 156 valence electrons. The number of piperazine rings is 1. The number of amides is 1. The lowest BCUT2D eigenvalue weighted by atomic mass is 10.1. The molecule has 6 nitrogen and oxygen atoms in total. The zero-order chi connectivity index (χ0) is 21.0. The summed E-state index contributed by atoms with van der Waals surface area (Å²) in [6.45, 7) is 12.0. The SMILES string of the molecule is Cc1cc(N2CCN(CC(=O)NCc3ccc(F)c(C)c3)CC2)nc(C(C)C)n1. The topological polar surface area (TPSA) is 61.4 Å². The number of benzene rings is 1. The molecule has 1 amide bonds. The molecule has 1 fully saturated rings. The lowest BCUT2D eigenvalue weighted by Gasteiger charge is -2.35. The molecule has 1 aliphatic rings. The van der Waals surface area contributed by atoms with Crippen LogP contribution in [0.25, 0.3) is 0 Å². The standard InChI is InChI=1S/C22H30FN5O/c1-15(2)22-25-17(4)12-20(26-22)28-9-7-27(8-10-28)14-21(29)24-13-18-5-6-19(23)16(3)11-18/h5-6,11-12,15H,7-10,13-14H2,1-4H3,(H,24,29). The van der Waals surface area contributed by atoms with Gasteiger partial charge in [0.1, 0.15) is 17.5 Å². The van der Waals surface area contributed by atoms with Crippen LogP contribution in [0.4, 0.5) is 10.2 Å². The van der Waals surface area contributed by atoms with Crippen LogP contribution in [0, 0.1) is 19.7 Å². The van der Waals surface area contributed by atoms with E-state index in [-0.39, 0.29) is 11.7 Å². The van der Waals surface area contributed by atoms with Crippen molar-refractivity contribution in [2.24, 2.45) is 0 Å². The number of nitrogens with one attached hydrogen (secondary N) is 1. The highest BCUT2D eigenvalue weighted by atomic mass is 19.1. The number of hydrogen-bond donors (Lipinski definition) is 1. The van der Waals surface area contributed by atoms with Crippen LogP contribution in [0.5, 0.6) is 0 Å². The maximum Gasteiger partial charge on any atom is 0.234 e. The van der Waals surface area contributed by atoms with E-state index in [1.165, 1.54) is 6.07 Å². The minimum absolute atomic E-state index is 0.0135. The highest BCUT2D eigenvalue weighted by Crippen LogP contribution is 2.18. The van der Waals surface area contributed by atoms with Gasteiger partial charge in [-0.25, -0.2) is 14.4 Å². The third-order valence-corrected chi connectivity index (χ3v) is 5.15. The highest BCUT2D eigenvalue weighted by Gasteiger charge is 2.21. The van der Waals surface area contributed by atoms with E-state index in [9.17, 15) is 9.18 Å². The summed E-state index contributed by atoms with van der Waals surface area (Å²) in [6, 6.07) is 6.94. The Kier molecular flexibility index (Phi) is 6.79. The molecule has 2 heterocycles. The van der Waals surface area contributed by atoms with Crippen LogP contribution < -0.4 is 10.2 Å². The van der Waals surface area contributed by atoms with E-state index < -0.39 is 0 Å². The minimum atomic E-state index is -0.225. The van der Waals surface area contributed by atoms with Gasteiger partial charge in [0.25, 0.3) is 0 Å². The summed E-state index contributed by atoms with van der Waals surface area (Å²) >= 11 is 0. The smallest absolute Gasteiger partial charge is 0.234 e. The summed E-state index contributed by atoms with van der Waals surface area (Å²) in [5.74, 6) is 1.90. The van der Waals surface area contributed by atoms with Crippen molar-refractivity contribution >= 4 is 11.7 Å². The fourth-order valence-electron chi connectivity index (χ4n) is 3.41. The second-order valence-electron chi connectivity index (χ2n) is 8.00. The molecule has 29 heavy (non-hydrogen) atoms. The average molecular weight is 400 g/mol. The Morgan fingerprint density at radius 3 is 2.52 bits per heavy atom. The Hall–Kier alpha value is -2.54. The van der Waals surface area contributed by atoms with Crippen LogP contribution in [0.15, 0.2) is 24.3 Å². The van der Waals surface area contributed by atoms with Crippen molar-refractivity contribution in [1.82, 2.24) is 20.2 Å². The number of carbonyl (C=O) groups excluding carboxylic acids is 1. The quantitative estimate of drug-likeness (QED) is 0.809. The van der Waals surface area contributed by atoms with Gasteiger partial charge in [-0.1, -0.05) is 26.0 Å². The van der Waals surface area contributed by atoms with Gasteiger partial charge in [-0.15, -0.1) is 0 Å². The molecule has 1 aromatic heterocycles. The van der Waals surface area contributed by atoms with Crippen LogP contribution in [0.3, 0.4) is 0 Å². The summed E-state index contributed by atoms with van der Waals surface area (Å²) < 4.78 is 13.3. The molecular weight excluding hydrogens is 369 g/mol. The van der Waals surface area contributed by atoms with Crippen LogP contribution in [0.2, 0.25) is 0 Å². The molecule has 3 rings (SSSR count). The van der Waals surface area contributed by atoms with Crippen LogP contribution in [-0.4, -0.2) is 53.5 Å². The van der Waals surface area contributed by atoms with Gasteiger partial charge in [-0.3, -0.25) is 9.69 Å². The number of aryl methyl sites for hydroxylation is 2. The Morgan fingerprint density at radius 1 is 1.14 bits per heavy atom. The Morgan fingerprint density at radius 2 is 1.86 bits per heavy atom. The van der Waals surface area contributed by atoms with Crippen LogP contribution in [0.1, 0.15) is 42.4 Å². The molecule has 7 heteroatoms. The van der Waals surface area contributed by atoms with Gasteiger partial charge in [0, 0.05) is 50.4 Å². The fourth-order valence-corrected chi connectivity index (χ4v) is 3.41. The summed E-state index contributed by atoms with van der Waals surface area (Å²) in [6.07, 6.45) is 0. The average Bonchev–Trinajstić information content (AvgIpc) is 2.69. The Balaban J connectivity index is 1.48. The highest BCUT2D eigenvalue weighted by molar-refractivity contribution is 5.78. The van der Waals surface area contributed by atoms with Gasteiger partial charge in [-0.05, 0) is 31.0 Å². The van der Waals surface area contributed by atoms with Gasteiger partial charge in [-0.2, -0.15) is 0 Å². The zero-order valence-electron chi connectivity index (χ0n) is 17.7. The molecule has 2 aromatic rings. The molecule has 0 radical (unpaired) electrons. The Labute approximate surface area is 172 Å². The summed E-state index contributed by atoms with van der Waals surface area (Å²) in [5, 5.41) is 2.93. The van der Waals surface area contributed by atoms with Crippen molar-refractivity contribution in [2.75, 3.05) is 37.6 Å². The number of carbonyl (C=O) groups is 1. The van der Waals surface area contributed by atoms with E-state index in [4.69, 9.17) is 4.98 Å². The van der Waals surface area contributed by atoms with Crippen LogP contribution >= 0.6 is 0 Å². The number of hydrogen-bond acceptors (Lipinski definition) is 5. The second kappa shape index (κ2) is 9.31. The number of aromatic nitrogens is 2. The first-order chi connectivity index (χ1) is 13.8. The molecule has 1 aliphatic heterocycles. The van der Waals surface area contributed by atoms with E-state index in [2.05, 4.69) is 33.9 Å². The van der Waals surface area contributed by atoms with Gasteiger partial charge < -0.3 is 10.2 Å². The summed E-state index contributed by atoms with van der Waals surface area (Å²) in [7, 11) is 0. The molecule has 0 aliphatic carbocycles. The fraction of sp³-hybridized carbons (Fsp3) is 0.500. The van der Waals surface area contributed by atoms with Gasteiger partial charge >= 0.3 is 0 Å². The molecular formula is C22H30FN5O. The van der Waals surface area contributed by atoms with Crippen LogP contribution in [-0.2, 0) is 11.3 Å². The minimum Gasteiger partial charge on any atom is -0.354 e. The molecule has 0 spiro atoms. The van der Waals surface area contributed by atoms with E-state index in [0.29, 0.717) is 24.6 Å². The number of anilines is 1.